The van der Waals surface area contributed by atoms with Crippen LogP contribution in [0.25, 0.3) is 6.08 Å². The lowest BCUT2D eigenvalue weighted by Crippen LogP contribution is -2.49. The van der Waals surface area contributed by atoms with E-state index in [4.69, 9.17) is 17.9 Å². The fourth-order valence-corrected chi connectivity index (χ4v) is 4.31. The van der Waals surface area contributed by atoms with E-state index < -0.39 is 34.6 Å². The number of anilines is 2. The van der Waals surface area contributed by atoms with Crippen molar-refractivity contribution < 1.29 is 18.3 Å². The lowest BCUT2D eigenvalue weighted by Gasteiger charge is -2.38. The van der Waals surface area contributed by atoms with Crippen molar-refractivity contribution in [2.24, 2.45) is 12.8 Å². The van der Waals surface area contributed by atoms with Crippen LogP contribution in [-0.2, 0) is 13.0 Å². The van der Waals surface area contributed by atoms with Crippen LogP contribution in [-0.4, -0.2) is 62.3 Å². The molecule has 0 unspecified atom stereocenters. The van der Waals surface area contributed by atoms with Crippen molar-refractivity contribution >= 4 is 17.7 Å². The number of nitrogens with zero attached hydrogens (tertiary/aromatic N) is 4. The number of hydrogen-bond donors (Lipinski definition) is 4. The number of alkyl halides is 2. The molecule has 1 saturated heterocycles. The smallest absolute Gasteiger partial charge is 0.350 e. The van der Waals surface area contributed by atoms with Crippen molar-refractivity contribution in [3.8, 4) is 12.3 Å². The minimum absolute atomic E-state index is 0.0276. The maximum absolute atomic E-state index is 15.4. The summed E-state index contributed by atoms with van der Waals surface area (Å²) < 4.78 is 46.2. The predicted molar refractivity (Wildman–Crippen MR) is 146 cm³/mol. The maximum atomic E-state index is 15.4. The van der Waals surface area contributed by atoms with E-state index in [-0.39, 0.29) is 22.8 Å². The van der Waals surface area contributed by atoms with Gasteiger partial charge in [-0.2, -0.15) is 13.8 Å². The summed E-state index contributed by atoms with van der Waals surface area (Å²) in [5, 5.41) is 12.7. The van der Waals surface area contributed by atoms with Crippen LogP contribution in [0.15, 0.2) is 28.8 Å². The number of piperazine rings is 1. The molecule has 1 fully saturated rings. The molecule has 2 aromatic rings. The SMILES string of the molecule is C#C[C@@H](Nc1nc(=O)n(C)c(N)c1/C=C(\N)N1CCN(C(C)C)CC1)c1cccc(C(F)(F)C(C)(C)O)c1F. The van der Waals surface area contributed by atoms with Gasteiger partial charge in [0.15, 0.2) is 0 Å². The molecule has 1 aromatic heterocycles. The van der Waals surface area contributed by atoms with E-state index in [0.29, 0.717) is 25.0 Å². The predicted octanol–water partition coefficient (Wildman–Crippen LogP) is 2.43. The van der Waals surface area contributed by atoms with Crippen molar-refractivity contribution in [2.45, 2.75) is 51.3 Å². The van der Waals surface area contributed by atoms with Crippen molar-refractivity contribution in [3.63, 3.8) is 0 Å². The van der Waals surface area contributed by atoms with Gasteiger partial charge in [0.25, 0.3) is 0 Å². The zero-order chi connectivity index (χ0) is 29.3. The number of nitrogen functional groups attached to an aromatic ring is 1. The summed E-state index contributed by atoms with van der Waals surface area (Å²) in [5.74, 6) is -2.57. The first-order chi connectivity index (χ1) is 18.1. The van der Waals surface area contributed by atoms with Crippen LogP contribution in [0, 0.1) is 18.2 Å². The Hall–Kier alpha value is -3.69. The van der Waals surface area contributed by atoms with Gasteiger partial charge in [0.2, 0.25) is 0 Å². The van der Waals surface area contributed by atoms with Gasteiger partial charge in [-0.3, -0.25) is 9.47 Å². The van der Waals surface area contributed by atoms with Gasteiger partial charge in [0.05, 0.1) is 16.9 Å². The fourth-order valence-electron chi connectivity index (χ4n) is 4.31. The first kappa shape index (κ1) is 29.9. The summed E-state index contributed by atoms with van der Waals surface area (Å²) in [6, 6.07) is 2.41. The third-order valence-corrected chi connectivity index (χ3v) is 6.98. The van der Waals surface area contributed by atoms with Gasteiger partial charge >= 0.3 is 11.6 Å². The molecule has 1 aromatic carbocycles. The molecule has 1 aliphatic rings. The molecule has 3 rings (SSSR count). The molecule has 39 heavy (non-hydrogen) atoms. The second kappa shape index (κ2) is 11.2. The van der Waals surface area contributed by atoms with E-state index in [1.807, 2.05) is 4.90 Å². The third kappa shape index (κ3) is 5.99. The van der Waals surface area contributed by atoms with E-state index in [0.717, 1.165) is 37.6 Å². The van der Waals surface area contributed by atoms with Gasteiger partial charge in [0.1, 0.15) is 29.1 Å². The molecule has 12 heteroatoms. The monoisotopic (exact) mass is 547 g/mol. The number of halogens is 3. The Kier molecular flexibility index (Phi) is 8.57. The van der Waals surface area contributed by atoms with Crippen molar-refractivity contribution in [3.05, 3.63) is 57.0 Å². The largest absolute Gasteiger partial charge is 0.385 e. The Labute approximate surface area is 226 Å². The number of nitrogens with one attached hydrogen (secondary N) is 1. The van der Waals surface area contributed by atoms with Crippen molar-refractivity contribution in [1.29, 1.82) is 0 Å². The number of hydrogen-bond acceptors (Lipinski definition) is 8. The minimum atomic E-state index is -3.92. The quantitative estimate of drug-likeness (QED) is 0.372. The zero-order valence-electron chi connectivity index (χ0n) is 22.8. The van der Waals surface area contributed by atoms with Crippen LogP contribution in [0.3, 0.4) is 0 Å². The fraction of sp³-hybridized carbons (Fsp3) is 0.481. The highest BCUT2D eigenvalue weighted by atomic mass is 19.3. The Bertz CT molecular complexity index is 1330. The van der Waals surface area contributed by atoms with Crippen LogP contribution >= 0.6 is 0 Å². The zero-order valence-corrected chi connectivity index (χ0v) is 22.8. The Balaban J connectivity index is 2.02. The summed E-state index contributed by atoms with van der Waals surface area (Å²) in [6.45, 7) is 8.96. The van der Waals surface area contributed by atoms with Crippen LogP contribution in [0.1, 0.15) is 50.4 Å². The van der Waals surface area contributed by atoms with Crippen molar-refractivity contribution in [2.75, 3.05) is 37.2 Å². The number of rotatable bonds is 8. The minimum Gasteiger partial charge on any atom is -0.385 e. The molecular formula is C27H36F3N7O2. The number of benzene rings is 1. The van der Waals surface area contributed by atoms with Crippen LogP contribution in [0.4, 0.5) is 24.8 Å². The van der Waals surface area contributed by atoms with E-state index in [1.165, 1.54) is 19.2 Å². The molecule has 0 saturated carbocycles. The van der Waals surface area contributed by atoms with Crippen molar-refractivity contribution in [1.82, 2.24) is 19.4 Å². The molecule has 0 radical (unpaired) electrons. The molecular weight excluding hydrogens is 511 g/mol. The number of terminal acetylenes is 1. The Morgan fingerprint density at radius 1 is 1.26 bits per heavy atom. The average Bonchev–Trinajstić information content (AvgIpc) is 2.87. The van der Waals surface area contributed by atoms with E-state index in [9.17, 15) is 18.7 Å². The van der Waals surface area contributed by atoms with Gasteiger partial charge < -0.3 is 26.8 Å². The van der Waals surface area contributed by atoms with E-state index in [2.05, 4.69) is 35.0 Å². The topological polar surface area (TPSA) is 126 Å². The van der Waals surface area contributed by atoms with Gasteiger partial charge in [-0.05, 0) is 39.8 Å². The van der Waals surface area contributed by atoms with Gasteiger partial charge in [0, 0.05) is 44.8 Å². The average molecular weight is 548 g/mol. The second-order valence-electron chi connectivity index (χ2n) is 10.4. The lowest BCUT2D eigenvalue weighted by molar-refractivity contribution is -0.170. The highest BCUT2D eigenvalue weighted by molar-refractivity contribution is 5.73. The molecule has 1 aliphatic heterocycles. The normalized spacial score (nSPS) is 16.3. The van der Waals surface area contributed by atoms with Gasteiger partial charge in [-0.25, -0.2) is 9.18 Å². The molecule has 0 spiro atoms. The van der Waals surface area contributed by atoms with Gasteiger partial charge in [-0.1, -0.05) is 18.1 Å². The third-order valence-electron chi connectivity index (χ3n) is 6.98. The molecule has 2 heterocycles. The summed E-state index contributed by atoms with van der Waals surface area (Å²) in [4.78, 5) is 20.8. The van der Waals surface area contributed by atoms with E-state index >= 15 is 4.39 Å². The number of aliphatic hydroxyl groups is 1. The first-order valence-corrected chi connectivity index (χ1v) is 12.5. The Morgan fingerprint density at radius 3 is 2.41 bits per heavy atom. The van der Waals surface area contributed by atoms with E-state index in [1.54, 1.807) is 6.08 Å². The summed E-state index contributed by atoms with van der Waals surface area (Å²) in [7, 11) is 1.43. The molecule has 1 atom stereocenters. The molecule has 6 N–H and O–H groups in total. The van der Waals surface area contributed by atoms with Crippen LogP contribution < -0.4 is 22.5 Å². The molecule has 0 aliphatic carbocycles. The second-order valence-corrected chi connectivity index (χ2v) is 10.4. The van der Waals surface area contributed by atoms with Crippen LogP contribution in [0.5, 0.6) is 0 Å². The standard InChI is InChI=1S/C27H36F3N7O2/c1-7-20(17-9-8-10-19(22(17)28)27(29,30)26(4,5)39)33-24-18(23(32)35(6)25(38)34-24)15-21(31)37-13-11-36(12-14-37)16(2)3/h1,8-10,15-16,20,39H,11-14,31-32H2,2-6H3,(H,33,34,38)/b21-15+/t20-/m1/s1. The summed E-state index contributed by atoms with van der Waals surface area (Å²) >= 11 is 0. The summed E-state index contributed by atoms with van der Waals surface area (Å²) in [6.07, 6.45) is 7.22. The molecule has 0 amide bonds. The van der Waals surface area contributed by atoms with Gasteiger partial charge in [-0.15, -0.1) is 6.42 Å². The molecule has 0 bridgehead atoms. The lowest BCUT2D eigenvalue weighted by atomic mass is 9.90. The summed E-state index contributed by atoms with van der Waals surface area (Å²) in [5.41, 5.74) is 8.31. The highest BCUT2D eigenvalue weighted by Gasteiger charge is 2.49. The highest BCUT2D eigenvalue weighted by Crippen LogP contribution is 2.41. The van der Waals surface area contributed by atoms with Crippen LogP contribution in [0.2, 0.25) is 0 Å². The maximum Gasteiger partial charge on any atom is 0.350 e. The number of aromatic nitrogens is 2. The number of nitrogens with two attached hydrogens (primary N) is 2. The molecule has 9 nitrogen and oxygen atoms in total. The Morgan fingerprint density at radius 2 is 1.87 bits per heavy atom. The molecule has 212 valence electrons. The first-order valence-electron chi connectivity index (χ1n) is 12.5.